The number of hydrogen-bond donors (Lipinski definition) is 1. The second-order valence-electron chi connectivity index (χ2n) is 7.11. The van der Waals surface area contributed by atoms with Crippen molar-refractivity contribution in [2.24, 2.45) is 0 Å². The van der Waals surface area contributed by atoms with Crippen LogP contribution in [-0.4, -0.2) is 35.6 Å². The summed E-state index contributed by atoms with van der Waals surface area (Å²) in [6.45, 7) is 1.84. The van der Waals surface area contributed by atoms with E-state index in [1.165, 1.54) is 19.2 Å². The van der Waals surface area contributed by atoms with Crippen molar-refractivity contribution in [2.75, 3.05) is 25.6 Å². The fraction of sp³-hybridized carbons (Fsp3) is 0.208. The first kappa shape index (κ1) is 23.1. The number of carbonyl (C=O) groups excluding carboxylic acids is 1. The van der Waals surface area contributed by atoms with Gasteiger partial charge < -0.3 is 14.8 Å². The van der Waals surface area contributed by atoms with Crippen LogP contribution in [0.3, 0.4) is 0 Å². The van der Waals surface area contributed by atoms with E-state index in [1.54, 1.807) is 68.8 Å². The van der Waals surface area contributed by atoms with Crippen molar-refractivity contribution in [1.29, 1.82) is 0 Å². The van der Waals surface area contributed by atoms with E-state index < -0.39 is 15.9 Å². The first-order chi connectivity index (χ1) is 15.3. The van der Waals surface area contributed by atoms with Crippen LogP contribution >= 0.6 is 0 Å². The van der Waals surface area contributed by atoms with Crippen LogP contribution in [0.1, 0.15) is 28.9 Å². The van der Waals surface area contributed by atoms with Gasteiger partial charge in [-0.3, -0.25) is 9.10 Å². The molecule has 0 aromatic heterocycles. The molecule has 0 bridgehead atoms. The summed E-state index contributed by atoms with van der Waals surface area (Å²) in [5.41, 5.74) is 1.36. The summed E-state index contributed by atoms with van der Waals surface area (Å²) in [5.74, 6) is 0.756. The molecule has 0 spiro atoms. The molecule has 3 aromatic rings. The summed E-state index contributed by atoms with van der Waals surface area (Å²) in [5, 5.41) is 2.93. The van der Waals surface area contributed by atoms with Crippen LogP contribution < -0.4 is 19.1 Å². The largest absolute Gasteiger partial charge is 0.493 e. The molecule has 1 atom stereocenters. The monoisotopic (exact) mass is 454 g/mol. The van der Waals surface area contributed by atoms with Crippen LogP contribution in [0, 0.1) is 0 Å². The van der Waals surface area contributed by atoms with Gasteiger partial charge in [-0.2, -0.15) is 0 Å². The summed E-state index contributed by atoms with van der Waals surface area (Å²) in [6.07, 6.45) is 0. The first-order valence-electron chi connectivity index (χ1n) is 9.95. The third-order valence-corrected chi connectivity index (χ3v) is 6.93. The summed E-state index contributed by atoms with van der Waals surface area (Å²) < 4.78 is 37.8. The molecule has 32 heavy (non-hydrogen) atoms. The highest BCUT2D eigenvalue weighted by Crippen LogP contribution is 2.31. The van der Waals surface area contributed by atoms with Gasteiger partial charge in [0.2, 0.25) is 0 Å². The maximum Gasteiger partial charge on any atom is 0.264 e. The van der Waals surface area contributed by atoms with Crippen LogP contribution in [0.15, 0.2) is 77.7 Å². The number of nitrogens with zero attached hydrogens (tertiary/aromatic N) is 1. The number of sulfonamides is 1. The Balaban J connectivity index is 1.87. The molecule has 168 valence electrons. The van der Waals surface area contributed by atoms with Crippen molar-refractivity contribution in [3.63, 3.8) is 0 Å². The Morgan fingerprint density at radius 1 is 0.906 bits per heavy atom. The number of carbonyl (C=O) groups is 1. The van der Waals surface area contributed by atoms with E-state index in [-0.39, 0.29) is 22.2 Å². The van der Waals surface area contributed by atoms with Crippen molar-refractivity contribution in [1.82, 2.24) is 5.32 Å². The lowest BCUT2D eigenvalue weighted by atomic mass is 10.1. The number of para-hydroxylation sites is 1. The van der Waals surface area contributed by atoms with Gasteiger partial charge in [-0.15, -0.1) is 0 Å². The molecule has 8 heteroatoms. The number of rotatable bonds is 8. The molecule has 1 N–H and O–H groups in total. The van der Waals surface area contributed by atoms with Crippen LogP contribution in [0.2, 0.25) is 0 Å². The molecule has 0 aliphatic rings. The Labute approximate surface area is 188 Å². The van der Waals surface area contributed by atoms with Gasteiger partial charge in [-0.1, -0.05) is 36.4 Å². The molecular weight excluding hydrogens is 428 g/mol. The average Bonchev–Trinajstić information content (AvgIpc) is 2.83. The maximum atomic E-state index is 13.1. The number of amides is 1. The average molecular weight is 455 g/mol. The zero-order valence-corrected chi connectivity index (χ0v) is 19.2. The fourth-order valence-electron chi connectivity index (χ4n) is 3.30. The van der Waals surface area contributed by atoms with Gasteiger partial charge in [0.25, 0.3) is 15.9 Å². The number of ether oxygens (including phenoxy) is 2. The Kier molecular flexibility index (Phi) is 7.05. The van der Waals surface area contributed by atoms with Crippen molar-refractivity contribution in [2.45, 2.75) is 17.9 Å². The number of methoxy groups -OCH3 is 2. The lowest BCUT2D eigenvalue weighted by Gasteiger charge is -2.23. The second kappa shape index (κ2) is 9.74. The highest BCUT2D eigenvalue weighted by Gasteiger charge is 2.25. The van der Waals surface area contributed by atoms with Gasteiger partial charge in [-0.25, -0.2) is 8.42 Å². The summed E-state index contributed by atoms with van der Waals surface area (Å²) in [4.78, 5) is 13.3. The predicted octanol–water partition coefficient (Wildman–Crippen LogP) is 4.02. The smallest absolute Gasteiger partial charge is 0.264 e. The normalized spacial score (nSPS) is 12.0. The Bertz CT molecular complexity index is 1200. The van der Waals surface area contributed by atoms with Crippen molar-refractivity contribution < 1.29 is 22.7 Å². The Hall–Kier alpha value is -3.52. The molecule has 0 heterocycles. The third-order valence-electron chi connectivity index (χ3n) is 5.14. The topological polar surface area (TPSA) is 84.9 Å². The molecule has 0 fully saturated rings. The fourth-order valence-corrected chi connectivity index (χ4v) is 4.54. The highest BCUT2D eigenvalue weighted by atomic mass is 32.2. The predicted molar refractivity (Wildman–Crippen MR) is 124 cm³/mol. The van der Waals surface area contributed by atoms with Gasteiger partial charge in [0, 0.05) is 7.05 Å². The number of benzene rings is 3. The first-order valence-corrected chi connectivity index (χ1v) is 11.4. The van der Waals surface area contributed by atoms with Gasteiger partial charge in [0.15, 0.2) is 11.5 Å². The minimum Gasteiger partial charge on any atom is -0.493 e. The van der Waals surface area contributed by atoms with E-state index in [1.807, 2.05) is 13.0 Å². The standard InChI is InChI=1S/C24H26N2O5S/c1-17(18-14-15-22(30-3)23(16-18)31-4)25-24(27)20-12-8-9-13-21(20)26(2)32(28,29)19-10-6-5-7-11-19/h5-17H,1-4H3,(H,25,27)/t17-/m0/s1. The molecule has 0 aliphatic carbocycles. The van der Waals surface area contributed by atoms with E-state index in [0.717, 1.165) is 9.87 Å². The lowest BCUT2D eigenvalue weighted by Crippen LogP contribution is -2.31. The quantitative estimate of drug-likeness (QED) is 0.556. The highest BCUT2D eigenvalue weighted by molar-refractivity contribution is 7.92. The summed E-state index contributed by atoms with van der Waals surface area (Å²) >= 11 is 0. The van der Waals surface area contributed by atoms with Gasteiger partial charge >= 0.3 is 0 Å². The van der Waals surface area contributed by atoms with Crippen molar-refractivity contribution in [3.8, 4) is 11.5 Å². The van der Waals surface area contributed by atoms with E-state index in [9.17, 15) is 13.2 Å². The lowest BCUT2D eigenvalue weighted by molar-refractivity contribution is 0.0940. The summed E-state index contributed by atoms with van der Waals surface area (Å²) in [6, 6.07) is 19.7. The molecule has 3 aromatic carbocycles. The van der Waals surface area contributed by atoms with E-state index >= 15 is 0 Å². The van der Waals surface area contributed by atoms with Crippen LogP contribution in [0.4, 0.5) is 5.69 Å². The Morgan fingerprint density at radius 2 is 1.53 bits per heavy atom. The molecule has 0 saturated carbocycles. The van der Waals surface area contributed by atoms with Gasteiger partial charge in [-0.05, 0) is 48.9 Å². The van der Waals surface area contributed by atoms with Crippen LogP contribution in [-0.2, 0) is 10.0 Å². The second-order valence-corrected chi connectivity index (χ2v) is 9.08. The minimum absolute atomic E-state index is 0.149. The molecule has 0 aliphatic heterocycles. The molecule has 1 amide bonds. The van der Waals surface area contributed by atoms with Gasteiger partial charge in [0.1, 0.15) is 0 Å². The number of nitrogens with one attached hydrogen (secondary N) is 1. The third kappa shape index (κ3) is 4.70. The van der Waals surface area contributed by atoms with Gasteiger partial charge in [0.05, 0.1) is 36.4 Å². The zero-order valence-electron chi connectivity index (χ0n) is 18.4. The molecule has 3 rings (SSSR count). The van der Waals surface area contributed by atoms with Crippen molar-refractivity contribution >= 4 is 21.6 Å². The molecule has 0 unspecified atom stereocenters. The van der Waals surface area contributed by atoms with Crippen LogP contribution in [0.25, 0.3) is 0 Å². The minimum atomic E-state index is -3.82. The Morgan fingerprint density at radius 3 is 2.19 bits per heavy atom. The maximum absolute atomic E-state index is 13.1. The SMILES string of the molecule is COc1ccc([C@H](C)NC(=O)c2ccccc2N(C)S(=O)(=O)c2ccccc2)cc1OC. The summed E-state index contributed by atoms with van der Waals surface area (Å²) in [7, 11) is 0.715. The van der Waals surface area contributed by atoms with E-state index in [4.69, 9.17) is 9.47 Å². The van der Waals surface area contributed by atoms with Crippen molar-refractivity contribution in [3.05, 3.63) is 83.9 Å². The molecule has 7 nitrogen and oxygen atoms in total. The molecule has 0 saturated heterocycles. The number of anilines is 1. The molecular formula is C24H26N2O5S. The van der Waals surface area contributed by atoms with E-state index in [2.05, 4.69) is 5.32 Å². The molecule has 0 radical (unpaired) electrons. The zero-order chi connectivity index (χ0) is 23.3. The number of hydrogen-bond acceptors (Lipinski definition) is 5. The van der Waals surface area contributed by atoms with Crippen LogP contribution in [0.5, 0.6) is 11.5 Å². The van der Waals surface area contributed by atoms with E-state index in [0.29, 0.717) is 11.5 Å².